The van der Waals surface area contributed by atoms with Gasteiger partial charge in [-0.25, -0.2) is 4.63 Å². The first-order valence-electron chi connectivity index (χ1n) is 7.94. The van der Waals surface area contributed by atoms with E-state index < -0.39 is 0 Å². The van der Waals surface area contributed by atoms with Crippen LogP contribution in [0.25, 0.3) is 0 Å². The van der Waals surface area contributed by atoms with Crippen LogP contribution in [0.3, 0.4) is 0 Å². The Kier molecular flexibility index (Phi) is 6.54. The molecule has 1 aliphatic rings. The fraction of sp³-hybridized carbons (Fsp3) is 0.800. The van der Waals surface area contributed by atoms with E-state index in [1.807, 2.05) is 0 Å². The molecule has 1 aromatic heterocycles. The van der Waals surface area contributed by atoms with Crippen molar-refractivity contribution in [3.63, 3.8) is 0 Å². The lowest BCUT2D eigenvalue weighted by molar-refractivity contribution is 0.0921. The van der Waals surface area contributed by atoms with Crippen molar-refractivity contribution < 1.29 is 9.42 Å². The monoisotopic (exact) mass is 279 g/mol. The zero-order valence-electron chi connectivity index (χ0n) is 12.1. The van der Waals surface area contributed by atoms with Crippen molar-refractivity contribution in [1.82, 2.24) is 15.6 Å². The van der Waals surface area contributed by atoms with Crippen LogP contribution >= 0.6 is 0 Å². The molecule has 1 aromatic rings. The lowest BCUT2D eigenvalue weighted by Gasteiger charge is -2.18. The van der Waals surface area contributed by atoms with Gasteiger partial charge in [0.05, 0.1) is 0 Å². The summed E-state index contributed by atoms with van der Waals surface area (Å²) < 4.78 is 4.48. The predicted molar refractivity (Wildman–Crippen MR) is 76.3 cm³/mol. The Morgan fingerprint density at radius 2 is 1.55 bits per heavy atom. The number of hydrogen-bond donors (Lipinski definition) is 1. The molecule has 1 aliphatic carbocycles. The van der Waals surface area contributed by atoms with Crippen molar-refractivity contribution in [1.29, 1.82) is 0 Å². The quantitative estimate of drug-likeness (QED) is 0.900. The highest BCUT2D eigenvalue weighted by Crippen LogP contribution is 2.17. The van der Waals surface area contributed by atoms with E-state index in [1.165, 1.54) is 64.0 Å². The van der Waals surface area contributed by atoms with Crippen LogP contribution in [0.4, 0.5) is 0 Å². The summed E-state index contributed by atoms with van der Waals surface area (Å²) in [5.74, 6) is -0.164. The van der Waals surface area contributed by atoms with Crippen molar-refractivity contribution in [3.05, 3.63) is 11.9 Å². The van der Waals surface area contributed by atoms with Crippen molar-refractivity contribution in [2.24, 2.45) is 0 Å². The molecule has 1 saturated carbocycles. The molecule has 1 fully saturated rings. The first-order chi connectivity index (χ1) is 9.86. The molecule has 112 valence electrons. The maximum Gasteiger partial charge on any atom is 0.275 e. The Hall–Kier alpha value is -1.39. The number of aromatic nitrogens is 2. The Labute approximate surface area is 120 Å². The van der Waals surface area contributed by atoms with Crippen LogP contribution in [0.1, 0.15) is 81.1 Å². The molecule has 1 heterocycles. The third-order valence-electron chi connectivity index (χ3n) is 4.03. The summed E-state index contributed by atoms with van der Waals surface area (Å²) in [5, 5.41) is 10.1. The number of nitrogens with one attached hydrogen (secondary N) is 1. The largest absolute Gasteiger partial charge is 0.348 e. The van der Waals surface area contributed by atoms with E-state index in [0.29, 0.717) is 0 Å². The zero-order chi connectivity index (χ0) is 14.0. The SMILES string of the molecule is O=C(NC1CCCCCCCCCCC1)c1cnon1. The highest BCUT2D eigenvalue weighted by molar-refractivity contribution is 5.91. The summed E-state index contributed by atoms with van der Waals surface area (Å²) in [6, 6.07) is 0.263. The summed E-state index contributed by atoms with van der Waals surface area (Å²) in [7, 11) is 0. The predicted octanol–water partition coefficient (Wildman–Crippen LogP) is 3.47. The molecule has 0 unspecified atom stereocenters. The molecule has 20 heavy (non-hydrogen) atoms. The van der Waals surface area contributed by atoms with E-state index in [-0.39, 0.29) is 17.6 Å². The van der Waals surface area contributed by atoms with Gasteiger partial charge in [-0.1, -0.05) is 62.9 Å². The lowest BCUT2D eigenvalue weighted by atomic mass is 9.98. The van der Waals surface area contributed by atoms with Gasteiger partial charge in [0.15, 0.2) is 5.69 Å². The second kappa shape index (κ2) is 8.72. The molecule has 0 aromatic carbocycles. The summed E-state index contributed by atoms with van der Waals surface area (Å²) in [6.07, 6.45) is 15.2. The molecular formula is C15H25N3O2. The molecular weight excluding hydrogens is 254 g/mol. The minimum Gasteiger partial charge on any atom is -0.348 e. The minimum absolute atomic E-state index is 0.164. The number of hydrogen-bond acceptors (Lipinski definition) is 4. The molecule has 5 nitrogen and oxygen atoms in total. The molecule has 0 spiro atoms. The summed E-state index contributed by atoms with van der Waals surface area (Å²) in [5.41, 5.74) is 0.274. The van der Waals surface area contributed by atoms with Crippen molar-refractivity contribution in [2.45, 2.75) is 76.7 Å². The van der Waals surface area contributed by atoms with Gasteiger partial charge in [0.2, 0.25) is 0 Å². The van der Waals surface area contributed by atoms with Gasteiger partial charge in [-0.15, -0.1) is 0 Å². The highest BCUT2D eigenvalue weighted by Gasteiger charge is 2.16. The number of amides is 1. The van der Waals surface area contributed by atoms with Crippen LogP contribution in [0.2, 0.25) is 0 Å². The van der Waals surface area contributed by atoms with Crippen molar-refractivity contribution in [2.75, 3.05) is 0 Å². The molecule has 0 atom stereocenters. The average Bonchev–Trinajstić information content (AvgIpc) is 2.96. The van der Waals surface area contributed by atoms with Gasteiger partial charge in [-0.2, -0.15) is 0 Å². The van der Waals surface area contributed by atoms with E-state index >= 15 is 0 Å². The molecule has 0 radical (unpaired) electrons. The van der Waals surface area contributed by atoms with E-state index in [0.717, 1.165) is 12.8 Å². The normalized spacial score (nSPS) is 19.8. The van der Waals surface area contributed by atoms with Crippen molar-refractivity contribution >= 4 is 5.91 Å². The van der Waals surface area contributed by atoms with Crippen LogP contribution in [0, 0.1) is 0 Å². The average molecular weight is 279 g/mol. The smallest absolute Gasteiger partial charge is 0.275 e. The lowest BCUT2D eigenvalue weighted by Crippen LogP contribution is -2.35. The van der Waals surface area contributed by atoms with Gasteiger partial charge in [-0.05, 0) is 18.0 Å². The molecule has 1 N–H and O–H groups in total. The number of carbonyl (C=O) groups is 1. The van der Waals surface area contributed by atoms with Crippen LogP contribution in [0.5, 0.6) is 0 Å². The third kappa shape index (κ3) is 5.31. The van der Waals surface area contributed by atoms with Gasteiger partial charge in [0.25, 0.3) is 5.91 Å². The molecule has 1 amide bonds. The molecule has 0 bridgehead atoms. The highest BCUT2D eigenvalue weighted by atomic mass is 16.6. The van der Waals surface area contributed by atoms with Crippen LogP contribution in [0.15, 0.2) is 10.8 Å². The number of rotatable bonds is 2. The number of carbonyl (C=O) groups excluding carboxylic acids is 1. The first kappa shape index (κ1) is 15.0. The van der Waals surface area contributed by atoms with Gasteiger partial charge >= 0.3 is 0 Å². The van der Waals surface area contributed by atoms with E-state index in [2.05, 4.69) is 20.3 Å². The maximum absolute atomic E-state index is 12.0. The Morgan fingerprint density at radius 3 is 2.05 bits per heavy atom. The fourth-order valence-corrected chi connectivity index (χ4v) is 2.83. The molecule has 0 saturated heterocycles. The maximum atomic E-state index is 12.0. The molecule has 0 aliphatic heterocycles. The van der Waals surface area contributed by atoms with Gasteiger partial charge in [0.1, 0.15) is 6.20 Å². The summed E-state index contributed by atoms with van der Waals surface area (Å²) >= 11 is 0. The van der Waals surface area contributed by atoms with E-state index in [1.54, 1.807) is 0 Å². The minimum atomic E-state index is -0.164. The summed E-state index contributed by atoms with van der Waals surface area (Å²) in [4.78, 5) is 12.0. The third-order valence-corrected chi connectivity index (χ3v) is 4.03. The molecule has 2 rings (SSSR count). The zero-order valence-corrected chi connectivity index (χ0v) is 12.1. The number of nitrogens with zero attached hydrogens (tertiary/aromatic N) is 2. The Morgan fingerprint density at radius 1 is 1.00 bits per heavy atom. The van der Waals surface area contributed by atoms with Crippen LogP contribution in [-0.4, -0.2) is 22.3 Å². The second-order valence-corrected chi connectivity index (χ2v) is 5.72. The van der Waals surface area contributed by atoms with E-state index in [9.17, 15) is 4.79 Å². The van der Waals surface area contributed by atoms with Crippen LogP contribution < -0.4 is 5.32 Å². The topological polar surface area (TPSA) is 68.0 Å². The standard InChI is InChI=1S/C15H25N3O2/c19-15(14-12-16-20-18-14)17-13-10-8-6-4-2-1-3-5-7-9-11-13/h12-13H,1-11H2,(H,17,19). The summed E-state index contributed by atoms with van der Waals surface area (Å²) in [6.45, 7) is 0. The van der Waals surface area contributed by atoms with E-state index in [4.69, 9.17) is 0 Å². The second-order valence-electron chi connectivity index (χ2n) is 5.72. The molecule has 5 heteroatoms. The van der Waals surface area contributed by atoms with Gasteiger partial charge in [-0.3, -0.25) is 4.79 Å². The Balaban J connectivity index is 1.81. The van der Waals surface area contributed by atoms with Crippen LogP contribution in [-0.2, 0) is 0 Å². The van der Waals surface area contributed by atoms with Gasteiger partial charge < -0.3 is 5.32 Å². The van der Waals surface area contributed by atoms with Crippen molar-refractivity contribution in [3.8, 4) is 0 Å². The first-order valence-corrected chi connectivity index (χ1v) is 7.94. The fourth-order valence-electron chi connectivity index (χ4n) is 2.83. The van der Waals surface area contributed by atoms with Gasteiger partial charge in [0, 0.05) is 6.04 Å². The Bertz CT molecular complexity index is 366.